The van der Waals surface area contributed by atoms with Crippen LogP contribution in [0, 0.1) is 5.41 Å². The van der Waals surface area contributed by atoms with Crippen LogP contribution in [0.15, 0.2) is 0 Å². The molecule has 1 fully saturated rings. The standard InChI is InChI=1S/C12H24N2O/c1-5-11(15)14-7-6-10(8-14)13-9-12(2,3)4/h10,13H,5-9H2,1-4H3. The van der Waals surface area contributed by atoms with E-state index in [4.69, 9.17) is 0 Å². The average Bonchev–Trinajstić information content (AvgIpc) is 2.61. The van der Waals surface area contributed by atoms with Gasteiger partial charge in [-0.1, -0.05) is 27.7 Å². The maximum Gasteiger partial charge on any atom is 0.222 e. The van der Waals surface area contributed by atoms with E-state index < -0.39 is 0 Å². The van der Waals surface area contributed by atoms with Crippen LogP contribution in [0.25, 0.3) is 0 Å². The molecule has 0 spiro atoms. The number of likely N-dealkylation sites (tertiary alicyclic amines) is 1. The molecule has 15 heavy (non-hydrogen) atoms. The van der Waals surface area contributed by atoms with Crippen molar-refractivity contribution in [2.24, 2.45) is 5.41 Å². The largest absolute Gasteiger partial charge is 0.341 e. The van der Waals surface area contributed by atoms with Gasteiger partial charge in [-0.2, -0.15) is 0 Å². The summed E-state index contributed by atoms with van der Waals surface area (Å²) >= 11 is 0. The van der Waals surface area contributed by atoms with Gasteiger partial charge in [-0.15, -0.1) is 0 Å². The fourth-order valence-electron chi connectivity index (χ4n) is 1.83. The zero-order valence-electron chi connectivity index (χ0n) is 10.5. The normalized spacial score (nSPS) is 22.1. The Hall–Kier alpha value is -0.570. The summed E-state index contributed by atoms with van der Waals surface area (Å²) in [7, 11) is 0. The third-order valence-electron chi connectivity index (χ3n) is 2.76. The second-order valence-electron chi connectivity index (χ2n) is 5.62. The van der Waals surface area contributed by atoms with Crippen LogP contribution in [0.2, 0.25) is 0 Å². The zero-order valence-corrected chi connectivity index (χ0v) is 10.5. The number of nitrogens with zero attached hydrogens (tertiary/aromatic N) is 1. The Balaban J connectivity index is 2.28. The third kappa shape index (κ3) is 4.20. The van der Waals surface area contributed by atoms with Crippen LogP contribution in [0.1, 0.15) is 40.5 Å². The molecule has 1 aliphatic heterocycles. The van der Waals surface area contributed by atoms with Gasteiger partial charge in [0.05, 0.1) is 0 Å². The monoisotopic (exact) mass is 212 g/mol. The Morgan fingerprint density at radius 2 is 2.13 bits per heavy atom. The first kappa shape index (κ1) is 12.5. The zero-order chi connectivity index (χ0) is 11.5. The van der Waals surface area contributed by atoms with E-state index in [9.17, 15) is 4.79 Å². The van der Waals surface area contributed by atoms with E-state index in [-0.39, 0.29) is 5.91 Å². The minimum Gasteiger partial charge on any atom is -0.341 e. The fraction of sp³-hybridized carbons (Fsp3) is 0.917. The number of carbonyl (C=O) groups is 1. The van der Waals surface area contributed by atoms with Crippen molar-refractivity contribution < 1.29 is 4.79 Å². The molecule has 3 nitrogen and oxygen atoms in total. The van der Waals surface area contributed by atoms with Gasteiger partial charge in [0.15, 0.2) is 0 Å². The molecule has 0 aromatic rings. The SMILES string of the molecule is CCC(=O)N1CCC(NCC(C)(C)C)C1. The summed E-state index contributed by atoms with van der Waals surface area (Å²) in [6, 6.07) is 0.500. The van der Waals surface area contributed by atoms with E-state index in [1.807, 2.05) is 11.8 Å². The molecule has 1 rings (SSSR count). The highest BCUT2D eigenvalue weighted by Crippen LogP contribution is 2.14. The van der Waals surface area contributed by atoms with Gasteiger partial charge in [-0.05, 0) is 11.8 Å². The molecule has 1 unspecified atom stereocenters. The maximum atomic E-state index is 11.5. The minimum absolute atomic E-state index is 0.287. The molecule has 0 aliphatic carbocycles. The number of nitrogens with one attached hydrogen (secondary N) is 1. The van der Waals surface area contributed by atoms with E-state index in [0.29, 0.717) is 17.9 Å². The van der Waals surface area contributed by atoms with E-state index in [1.54, 1.807) is 0 Å². The summed E-state index contributed by atoms with van der Waals surface area (Å²) in [5.41, 5.74) is 0.322. The van der Waals surface area contributed by atoms with Crippen molar-refractivity contribution in [1.82, 2.24) is 10.2 Å². The van der Waals surface area contributed by atoms with Gasteiger partial charge >= 0.3 is 0 Å². The number of rotatable bonds is 3. The summed E-state index contributed by atoms with van der Waals surface area (Å²) in [6.45, 7) is 11.4. The van der Waals surface area contributed by atoms with Crippen molar-refractivity contribution in [2.75, 3.05) is 19.6 Å². The third-order valence-corrected chi connectivity index (χ3v) is 2.76. The molecular weight excluding hydrogens is 188 g/mol. The van der Waals surface area contributed by atoms with Crippen LogP contribution < -0.4 is 5.32 Å². The summed E-state index contributed by atoms with van der Waals surface area (Å²) in [6.07, 6.45) is 1.73. The van der Waals surface area contributed by atoms with Gasteiger partial charge in [-0.25, -0.2) is 0 Å². The van der Waals surface area contributed by atoms with Crippen molar-refractivity contribution in [3.05, 3.63) is 0 Å². The molecule has 1 N–H and O–H groups in total. The van der Waals surface area contributed by atoms with Gasteiger partial charge < -0.3 is 10.2 Å². The highest BCUT2D eigenvalue weighted by atomic mass is 16.2. The van der Waals surface area contributed by atoms with Gasteiger partial charge in [-0.3, -0.25) is 4.79 Å². The van der Waals surface area contributed by atoms with Crippen molar-refractivity contribution >= 4 is 5.91 Å². The summed E-state index contributed by atoms with van der Waals surface area (Å²) in [5, 5.41) is 3.54. The van der Waals surface area contributed by atoms with E-state index >= 15 is 0 Å². The number of amides is 1. The molecular formula is C12H24N2O. The lowest BCUT2D eigenvalue weighted by Gasteiger charge is -2.22. The molecule has 1 atom stereocenters. The Morgan fingerprint density at radius 3 is 2.67 bits per heavy atom. The lowest BCUT2D eigenvalue weighted by molar-refractivity contribution is -0.129. The van der Waals surface area contributed by atoms with E-state index in [2.05, 4.69) is 26.1 Å². The quantitative estimate of drug-likeness (QED) is 0.771. The highest BCUT2D eigenvalue weighted by molar-refractivity contribution is 5.76. The first-order valence-corrected chi connectivity index (χ1v) is 5.93. The molecule has 1 aliphatic rings. The van der Waals surface area contributed by atoms with Gasteiger partial charge in [0.2, 0.25) is 5.91 Å². The Bertz CT molecular complexity index is 220. The molecule has 88 valence electrons. The van der Waals surface area contributed by atoms with Crippen LogP contribution in [-0.2, 0) is 4.79 Å². The molecule has 0 bridgehead atoms. The van der Waals surface area contributed by atoms with Gasteiger partial charge in [0.1, 0.15) is 0 Å². The topological polar surface area (TPSA) is 32.3 Å². The lowest BCUT2D eigenvalue weighted by atomic mass is 9.96. The predicted octanol–water partition coefficient (Wildman–Crippen LogP) is 1.63. The number of hydrogen-bond acceptors (Lipinski definition) is 2. The first-order valence-electron chi connectivity index (χ1n) is 5.93. The van der Waals surface area contributed by atoms with E-state index in [0.717, 1.165) is 26.1 Å². The Morgan fingerprint density at radius 1 is 1.47 bits per heavy atom. The predicted molar refractivity (Wildman–Crippen MR) is 62.7 cm³/mol. The molecule has 1 saturated heterocycles. The molecule has 0 aromatic carbocycles. The van der Waals surface area contributed by atoms with Crippen LogP contribution in [0.3, 0.4) is 0 Å². The van der Waals surface area contributed by atoms with Gasteiger partial charge in [0.25, 0.3) is 0 Å². The lowest BCUT2D eigenvalue weighted by Crippen LogP contribution is -2.38. The van der Waals surface area contributed by atoms with Crippen molar-refractivity contribution in [3.63, 3.8) is 0 Å². The Labute approximate surface area is 93.2 Å². The van der Waals surface area contributed by atoms with Crippen LogP contribution in [0.4, 0.5) is 0 Å². The van der Waals surface area contributed by atoms with Crippen molar-refractivity contribution in [3.8, 4) is 0 Å². The molecule has 1 amide bonds. The maximum absolute atomic E-state index is 11.5. The smallest absolute Gasteiger partial charge is 0.222 e. The number of hydrogen-bond donors (Lipinski definition) is 1. The van der Waals surface area contributed by atoms with Crippen LogP contribution in [0.5, 0.6) is 0 Å². The summed E-state index contributed by atoms with van der Waals surface area (Å²) in [5.74, 6) is 0.287. The van der Waals surface area contributed by atoms with Crippen molar-refractivity contribution in [1.29, 1.82) is 0 Å². The summed E-state index contributed by atoms with van der Waals surface area (Å²) in [4.78, 5) is 13.4. The molecule has 0 saturated carbocycles. The van der Waals surface area contributed by atoms with Crippen LogP contribution >= 0.6 is 0 Å². The second kappa shape index (κ2) is 4.97. The molecule has 0 aromatic heterocycles. The first-order chi connectivity index (χ1) is 6.92. The summed E-state index contributed by atoms with van der Waals surface area (Å²) < 4.78 is 0. The second-order valence-corrected chi connectivity index (χ2v) is 5.62. The minimum atomic E-state index is 0.287. The van der Waals surface area contributed by atoms with E-state index in [1.165, 1.54) is 0 Å². The average molecular weight is 212 g/mol. The van der Waals surface area contributed by atoms with Crippen molar-refractivity contribution in [2.45, 2.75) is 46.6 Å². The van der Waals surface area contributed by atoms with Gasteiger partial charge in [0, 0.05) is 32.1 Å². The molecule has 1 heterocycles. The molecule has 0 radical (unpaired) electrons. The number of carbonyl (C=O) groups excluding carboxylic acids is 1. The highest BCUT2D eigenvalue weighted by Gasteiger charge is 2.25. The Kier molecular flexibility index (Phi) is 4.14. The fourth-order valence-corrected chi connectivity index (χ4v) is 1.83. The molecule has 3 heteroatoms. The van der Waals surface area contributed by atoms with Crippen LogP contribution in [-0.4, -0.2) is 36.5 Å².